The highest BCUT2D eigenvalue weighted by atomic mass is 16.4. The van der Waals surface area contributed by atoms with Crippen LogP contribution in [0.25, 0.3) is 0 Å². The average molecular weight is 265 g/mol. The van der Waals surface area contributed by atoms with Crippen molar-refractivity contribution in [3.63, 3.8) is 0 Å². The molecule has 0 aliphatic carbocycles. The Morgan fingerprint density at radius 1 is 1.32 bits per heavy atom. The first-order valence-electron chi connectivity index (χ1n) is 6.67. The number of carboxylic acid groups (broad SMARTS) is 1. The van der Waals surface area contributed by atoms with Gasteiger partial charge in [-0.2, -0.15) is 0 Å². The lowest BCUT2D eigenvalue weighted by Crippen LogP contribution is -2.38. The average Bonchev–Trinajstić information content (AvgIpc) is 2.37. The van der Waals surface area contributed by atoms with Crippen molar-refractivity contribution in [3.8, 4) is 0 Å². The Morgan fingerprint density at radius 3 is 2.53 bits per heavy atom. The van der Waals surface area contributed by atoms with Crippen LogP contribution in [0.15, 0.2) is 18.2 Å². The van der Waals surface area contributed by atoms with E-state index in [4.69, 9.17) is 5.11 Å². The summed E-state index contributed by atoms with van der Waals surface area (Å²) in [6, 6.07) is 5.20. The third-order valence-corrected chi connectivity index (χ3v) is 3.35. The minimum Gasteiger partial charge on any atom is -0.480 e. The van der Waals surface area contributed by atoms with Crippen molar-refractivity contribution in [2.75, 3.05) is 6.54 Å². The monoisotopic (exact) mass is 265 g/mol. The molecule has 2 atom stereocenters. The van der Waals surface area contributed by atoms with Crippen LogP contribution >= 0.6 is 0 Å². The van der Waals surface area contributed by atoms with E-state index in [0.717, 1.165) is 17.5 Å². The van der Waals surface area contributed by atoms with Crippen LogP contribution in [0.5, 0.6) is 0 Å². The van der Waals surface area contributed by atoms with Crippen LogP contribution in [0.4, 0.5) is 0 Å². The van der Waals surface area contributed by atoms with Gasteiger partial charge in [0, 0.05) is 6.54 Å². The lowest BCUT2D eigenvalue weighted by atomic mass is 10.0. The second kappa shape index (κ2) is 7.26. The fraction of sp³-hybridized carbons (Fsp3) is 0.533. The summed E-state index contributed by atoms with van der Waals surface area (Å²) in [4.78, 5) is 11.0. The molecule has 0 spiro atoms. The van der Waals surface area contributed by atoms with Gasteiger partial charge in [-0.3, -0.25) is 4.79 Å². The molecule has 0 aliphatic rings. The van der Waals surface area contributed by atoms with Crippen molar-refractivity contribution in [2.45, 2.75) is 45.8 Å². The summed E-state index contributed by atoms with van der Waals surface area (Å²) in [5.41, 5.74) is 3.12. The Bertz CT molecular complexity index is 431. The molecule has 1 aromatic carbocycles. The Kier molecular flexibility index (Phi) is 5.99. The third kappa shape index (κ3) is 4.65. The number of aliphatic carboxylic acids is 1. The SMILES string of the molecule is CCCC(NCC(O)c1ccc(C)c(C)c1)C(=O)O. The van der Waals surface area contributed by atoms with Gasteiger partial charge in [-0.1, -0.05) is 31.5 Å². The molecule has 0 aliphatic heterocycles. The number of carboxylic acids is 1. The first-order valence-corrected chi connectivity index (χ1v) is 6.67. The number of rotatable bonds is 7. The van der Waals surface area contributed by atoms with E-state index in [0.29, 0.717) is 6.42 Å². The third-order valence-electron chi connectivity index (χ3n) is 3.35. The van der Waals surface area contributed by atoms with E-state index in [2.05, 4.69) is 5.32 Å². The van der Waals surface area contributed by atoms with Crippen LogP contribution in [0, 0.1) is 13.8 Å². The Hall–Kier alpha value is -1.39. The molecule has 19 heavy (non-hydrogen) atoms. The summed E-state index contributed by atoms with van der Waals surface area (Å²) < 4.78 is 0. The zero-order chi connectivity index (χ0) is 14.4. The van der Waals surface area contributed by atoms with E-state index >= 15 is 0 Å². The van der Waals surface area contributed by atoms with Crippen molar-refractivity contribution in [1.82, 2.24) is 5.32 Å². The van der Waals surface area contributed by atoms with Crippen LogP contribution < -0.4 is 5.32 Å². The molecule has 1 rings (SSSR count). The number of hydrogen-bond donors (Lipinski definition) is 3. The molecular weight excluding hydrogens is 242 g/mol. The van der Waals surface area contributed by atoms with Gasteiger partial charge in [0.25, 0.3) is 0 Å². The van der Waals surface area contributed by atoms with E-state index in [1.54, 1.807) is 0 Å². The predicted molar refractivity (Wildman–Crippen MR) is 75.2 cm³/mol. The maximum Gasteiger partial charge on any atom is 0.320 e. The molecule has 0 fully saturated rings. The van der Waals surface area contributed by atoms with Crippen molar-refractivity contribution in [1.29, 1.82) is 0 Å². The Labute approximate surface area is 114 Å². The molecule has 0 saturated carbocycles. The summed E-state index contributed by atoms with van der Waals surface area (Å²) in [5, 5.41) is 22.0. The van der Waals surface area contributed by atoms with Gasteiger partial charge in [0.15, 0.2) is 0 Å². The van der Waals surface area contributed by atoms with Crippen LogP contribution in [-0.2, 0) is 4.79 Å². The molecule has 106 valence electrons. The standard InChI is InChI=1S/C15H23NO3/c1-4-5-13(15(18)19)16-9-14(17)12-7-6-10(2)11(3)8-12/h6-8,13-14,16-17H,4-5,9H2,1-3H3,(H,18,19). The van der Waals surface area contributed by atoms with Gasteiger partial charge in [-0.05, 0) is 37.0 Å². The molecule has 2 unspecified atom stereocenters. The van der Waals surface area contributed by atoms with Gasteiger partial charge in [-0.25, -0.2) is 0 Å². The summed E-state index contributed by atoms with van der Waals surface area (Å²) in [6.45, 7) is 6.21. The summed E-state index contributed by atoms with van der Waals surface area (Å²) >= 11 is 0. The molecular formula is C15H23NO3. The fourth-order valence-electron chi connectivity index (χ4n) is 1.95. The lowest BCUT2D eigenvalue weighted by Gasteiger charge is -2.17. The van der Waals surface area contributed by atoms with E-state index in [1.807, 2.05) is 39.0 Å². The smallest absolute Gasteiger partial charge is 0.320 e. The maximum atomic E-state index is 11.0. The highest BCUT2D eigenvalue weighted by Crippen LogP contribution is 2.16. The van der Waals surface area contributed by atoms with Crippen molar-refractivity contribution in [3.05, 3.63) is 34.9 Å². The minimum atomic E-state index is -0.867. The molecule has 0 heterocycles. The normalized spacial score (nSPS) is 14.1. The number of benzene rings is 1. The van der Waals surface area contributed by atoms with E-state index in [9.17, 15) is 9.90 Å². The largest absolute Gasteiger partial charge is 0.480 e. The first-order chi connectivity index (χ1) is 8.95. The van der Waals surface area contributed by atoms with Gasteiger partial charge >= 0.3 is 5.97 Å². The molecule has 1 aromatic rings. The second-order valence-corrected chi connectivity index (χ2v) is 4.95. The van der Waals surface area contributed by atoms with Crippen molar-refractivity contribution >= 4 is 5.97 Å². The number of aliphatic hydroxyl groups excluding tert-OH is 1. The lowest BCUT2D eigenvalue weighted by molar-refractivity contribution is -0.139. The van der Waals surface area contributed by atoms with Crippen LogP contribution in [-0.4, -0.2) is 28.8 Å². The highest BCUT2D eigenvalue weighted by Gasteiger charge is 2.17. The molecule has 0 bridgehead atoms. The summed E-state index contributed by atoms with van der Waals surface area (Å²) in [5.74, 6) is -0.867. The van der Waals surface area contributed by atoms with Crippen molar-refractivity contribution < 1.29 is 15.0 Å². The second-order valence-electron chi connectivity index (χ2n) is 4.95. The van der Waals surface area contributed by atoms with Gasteiger partial charge in [0.2, 0.25) is 0 Å². The quantitative estimate of drug-likeness (QED) is 0.706. The number of nitrogens with one attached hydrogen (secondary N) is 1. The highest BCUT2D eigenvalue weighted by molar-refractivity contribution is 5.73. The summed E-state index contributed by atoms with van der Waals surface area (Å²) in [6.07, 6.45) is 0.677. The first kappa shape index (κ1) is 15.7. The number of aryl methyl sites for hydroxylation is 2. The predicted octanol–water partition coefficient (Wildman–Crippen LogP) is 2.18. The van der Waals surface area contributed by atoms with E-state index in [-0.39, 0.29) is 6.54 Å². The van der Waals surface area contributed by atoms with Crippen LogP contribution in [0.1, 0.15) is 42.6 Å². The molecule has 4 heteroatoms. The maximum absolute atomic E-state index is 11.0. The number of hydrogen-bond acceptors (Lipinski definition) is 3. The molecule has 0 amide bonds. The zero-order valence-corrected chi connectivity index (χ0v) is 11.8. The Morgan fingerprint density at radius 2 is 2.00 bits per heavy atom. The number of aliphatic hydroxyl groups is 1. The van der Waals surface area contributed by atoms with Gasteiger partial charge < -0.3 is 15.5 Å². The van der Waals surface area contributed by atoms with Crippen LogP contribution in [0.2, 0.25) is 0 Å². The topological polar surface area (TPSA) is 69.6 Å². The van der Waals surface area contributed by atoms with Gasteiger partial charge in [-0.15, -0.1) is 0 Å². The molecule has 3 N–H and O–H groups in total. The molecule has 0 radical (unpaired) electrons. The zero-order valence-electron chi connectivity index (χ0n) is 11.8. The van der Waals surface area contributed by atoms with E-state index < -0.39 is 18.1 Å². The van der Waals surface area contributed by atoms with Gasteiger partial charge in [0.05, 0.1) is 6.10 Å². The summed E-state index contributed by atoms with van der Waals surface area (Å²) in [7, 11) is 0. The number of carbonyl (C=O) groups is 1. The van der Waals surface area contributed by atoms with Crippen LogP contribution in [0.3, 0.4) is 0 Å². The Balaban J connectivity index is 2.61. The minimum absolute atomic E-state index is 0.249. The molecule has 4 nitrogen and oxygen atoms in total. The molecule has 0 saturated heterocycles. The fourth-order valence-corrected chi connectivity index (χ4v) is 1.95. The van der Waals surface area contributed by atoms with E-state index in [1.165, 1.54) is 5.56 Å². The van der Waals surface area contributed by atoms with Gasteiger partial charge in [0.1, 0.15) is 6.04 Å². The molecule has 0 aromatic heterocycles. The van der Waals surface area contributed by atoms with Crippen molar-refractivity contribution in [2.24, 2.45) is 0 Å².